The summed E-state index contributed by atoms with van der Waals surface area (Å²) in [4.78, 5) is 16.7. The van der Waals surface area contributed by atoms with Crippen molar-refractivity contribution >= 4 is 17.3 Å². The van der Waals surface area contributed by atoms with Crippen molar-refractivity contribution in [2.75, 3.05) is 42.5 Å². The van der Waals surface area contributed by atoms with Gasteiger partial charge in [0.1, 0.15) is 0 Å². The van der Waals surface area contributed by atoms with Crippen molar-refractivity contribution in [3.8, 4) is 0 Å². The predicted molar refractivity (Wildman–Crippen MR) is 98.1 cm³/mol. The molecule has 2 aliphatic rings. The van der Waals surface area contributed by atoms with Gasteiger partial charge >= 0.3 is 0 Å². The molecule has 1 fully saturated rings. The molecule has 0 radical (unpaired) electrons. The van der Waals surface area contributed by atoms with Crippen LogP contribution in [0.15, 0.2) is 36.5 Å². The van der Waals surface area contributed by atoms with Gasteiger partial charge in [0.05, 0.1) is 17.6 Å². The zero-order chi connectivity index (χ0) is 16.5. The molecule has 126 valence electrons. The zero-order valence-corrected chi connectivity index (χ0v) is 14.5. The van der Waals surface area contributed by atoms with E-state index in [0.717, 1.165) is 50.8 Å². The molecule has 0 saturated carbocycles. The maximum atomic E-state index is 4.88. The molecule has 1 aromatic carbocycles. The number of para-hydroxylation sites is 1. The molecule has 0 spiro atoms. The molecule has 1 aromatic heterocycles. The summed E-state index contributed by atoms with van der Waals surface area (Å²) < 4.78 is 0. The Morgan fingerprint density at radius 3 is 2.42 bits per heavy atom. The Hall–Kier alpha value is -2.14. The molecule has 0 N–H and O–H groups in total. The molecule has 5 nitrogen and oxygen atoms in total. The van der Waals surface area contributed by atoms with Crippen molar-refractivity contribution in [1.82, 2.24) is 14.9 Å². The van der Waals surface area contributed by atoms with Gasteiger partial charge in [0.15, 0.2) is 0 Å². The predicted octanol–water partition coefficient (Wildman–Crippen LogP) is 2.70. The van der Waals surface area contributed by atoms with E-state index in [9.17, 15) is 0 Å². The van der Waals surface area contributed by atoms with Gasteiger partial charge in [0, 0.05) is 50.9 Å². The molecule has 2 aromatic rings. The van der Waals surface area contributed by atoms with E-state index in [1.807, 2.05) is 6.20 Å². The summed E-state index contributed by atoms with van der Waals surface area (Å²) in [6, 6.07) is 11.1. The molecule has 2 aliphatic heterocycles. The molecule has 0 unspecified atom stereocenters. The van der Waals surface area contributed by atoms with Crippen LogP contribution in [0, 0.1) is 0 Å². The topological polar surface area (TPSA) is 35.5 Å². The second kappa shape index (κ2) is 6.40. The second-order valence-electron chi connectivity index (χ2n) is 6.86. The smallest absolute Gasteiger partial charge is 0.225 e. The molecule has 0 aliphatic carbocycles. The number of rotatable bonds is 3. The highest BCUT2D eigenvalue weighted by atomic mass is 15.3. The summed E-state index contributed by atoms with van der Waals surface area (Å²) in [7, 11) is 0. The normalized spacial score (nSPS) is 18.3. The zero-order valence-electron chi connectivity index (χ0n) is 14.5. The van der Waals surface area contributed by atoms with E-state index >= 15 is 0 Å². The minimum atomic E-state index is 0.618. The van der Waals surface area contributed by atoms with E-state index in [0.29, 0.717) is 6.04 Å². The van der Waals surface area contributed by atoms with E-state index in [4.69, 9.17) is 4.98 Å². The van der Waals surface area contributed by atoms with Crippen LogP contribution in [0.2, 0.25) is 0 Å². The average molecular weight is 323 g/mol. The standard InChI is InChI=1S/C19H25N5/c1-15(2)22-10-12-23(13-11-22)19-20-14-18-17(21-19)8-9-24(18)16-6-4-3-5-7-16/h3-7,14-15H,8-13H2,1-2H3. The summed E-state index contributed by atoms with van der Waals surface area (Å²) >= 11 is 0. The fraction of sp³-hybridized carbons (Fsp3) is 0.474. The molecule has 0 bridgehead atoms. The lowest BCUT2D eigenvalue weighted by atomic mass is 10.2. The lowest BCUT2D eigenvalue weighted by Gasteiger charge is -2.37. The Kier molecular flexibility index (Phi) is 4.10. The van der Waals surface area contributed by atoms with Crippen LogP contribution in [0.3, 0.4) is 0 Å². The van der Waals surface area contributed by atoms with Crippen LogP contribution in [-0.2, 0) is 6.42 Å². The van der Waals surface area contributed by atoms with Crippen molar-refractivity contribution in [1.29, 1.82) is 0 Å². The Balaban J connectivity index is 1.51. The van der Waals surface area contributed by atoms with E-state index in [2.05, 4.69) is 63.9 Å². The first-order valence-electron chi connectivity index (χ1n) is 8.90. The van der Waals surface area contributed by atoms with Gasteiger partial charge in [-0.3, -0.25) is 4.90 Å². The van der Waals surface area contributed by atoms with Crippen LogP contribution in [-0.4, -0.2) is 53.6 Å². The van der Waals surface area contributed by atoms with Crippen LogP contribution in [0.4, 0.5) is 17.3 Å². The van der Waals surface area contributed by atoms with Crippen LogP contribution in [0.5, 0.6) is 0 Å². The third-order valence-electron chi connectivity index (χ3n) is 5.09. The summed E-state index contributed by atoms with van der Waals surface area (Å²) in [5, 5.41) is 0. The lowest BCUT2D eigenvalue weighted by molar-refractivity contribution is 0.208. The first-order chi connectivity index (χ1) is 11.7. The monoisotopic (exact) mass is 323 g/mol. The quantitative estimate of drug-likeness (QED) is 0.868. The molecule has 1 saturated heterocycles. The maximum absolute atomic E-state index is 4.88. The summed E-state index contributed by atoms with van der Waals surface area (Å²) in [5.74, 6) is 0.895. The van der Waals surface area contributed by atoms with Crippen LogP contribution < -0.4 is 9.80 Å². The third-order valence-corrected chi connectivity index (χ3v) is 5.09. The Morgan fingerprint density at radius 1 is 0.958 bits per heavy atom. The van der Waals surface area contributed by atoms with Crippen molar-refractivity contribution < 1.29 is 0 Å². The van der Waals surface area contributed by atoms with E-state index in [1.165, 1.54) is 11.4 Å². The number of aromatic nitrogens is 2. The van der Waals surface area contributed by atoms with E-state index < -0.39 is 0 Å². The fourth-order valence-electron chi connectivity index (χ4n) is 3.61. The summed E-state index contributed by atoms with van der Waals surface area (Å²) in [6.45, 7) is 9.72. The van der Waals surface area contributed by atoms with Crippen molar-refractivity contribution in [3.63, 3.8) is 0 Å². The van der Waals surface area contributed by atoms with E-state index in [-0.39, 0.29) is 0 Å². The molecule has 5 heteroatoms. The van der Waals surface area contributed by atoms with Gasteiger partial charge in [-0.1, -0.05) is 18.2 Å². The van der Waals surface area contributed by atoms with Crippen molar-refractivity contribution in [2.24, 2.45) is 0 Å². The number of anilines is 3. The number of nitrogens with zero attached hydrogens (tertiary/aromatic N) is 5. The molecule has 3 heterocycles. The first-order valence-corrected chi connectivity index (χ1v) is 8.90. The van der Waals surface area contributed by atoms with Gasteiger partial charge in [-0.25, -0.2) is 9.97 Å². The van der Waals surface area contributed by atoms with E-state index in [1.54, 1.807) is 0 Å². The second-order valence-corrected chi connectivity index (χ2v) is 6.86. The Morgan fingerprint density at radius 2 is 1.71 bits per heavy atom. The number of hydrogen-bond donors (Lipinski definition) is 0. The largest absolute Gasteiger partial charge is 0.338 e. The molecule has 0 atom stereocenters. The van der Waals surface area contributed by atoms with Crippen LogP contribution in [0.25, 0.3) is 0 Å². The SMILES string of the molecule is CC(C)N1CCN(c2ncc3c(n2)CCN3c2ccccc2)CC1. The van der Waals surface area contributed by atoms with Gasteiger partial charge < -0.3 is 9.80 Å². The van der Waals surface area contributed by atoms with Gasteiger partial charge in [-0.15, -0.1) is 0 Å². The maximum Gasteiger partial charge on any atom is 0.225 e. The number of fused-ring (bicyclic) bond motifs is 1. The van der Waals surface area contributed by atoms with Gasteiger partial charge in [0.2, 0.25) is 5.95 Å². The van der Waals surface area contributed by atoms with Crippen LogP contribution >= 0.6 is 0 Å². The average Bonchev–Trinajstić information content (AvgIpc) is 3.05. The first kappa shape index (κ1) is 15.4. The van der Waals surface area contributed by atoms with Crippen molar-refractivity contribution in [3.05, 3.63) is 42.2 Å². The molecule has 24 heavy (non-hydrogen) atoms. The molecular formula is C19H25N5. The highest BCUT2D eigenvalue weighted by Crippen LogP contribution is 2.33. The highest BCUT2D eigenvalue weighted by Gasteiger charge is 2.25. The molecule has 0 amide bonds. The van der Waals surface area contributed by atoms with Crippen LogP contribution in [0.1, 0.15) is 19.5 Å². The third kappa shape index (κ3) is 2.84. The Bertz CT molecular complexity index is 692. The summed E-state index contributed by atoms with van der Waals surface area (Å²) in [5.41, 5.74) is 3.55. The number of hydrogen-bond acceptors (Lipinski definition) is 5. The van der Waals surface area contributed by atoms with Gasteiger partial charge in [-0.2, -0.15) is 0 Å². The fourth-order valence-corrected chi connectivity index (χ4v) is 3.61. The van der Waals surface area contributed by atoms with Crippen molar-refractivity contribution in [2.45, 2.75) is 26.3 Å². The van der Waals surface area contributed by atoms with Gasteiger partial charge in [0.25, 0.3) is 0 Å². The lowest BCUT2D eigenvalue weighted by Crippen LogP contribution is -2.49. The molecule has 4 rings (SSSR count). The summed E-state index contributed by atoms with van der Waals surface area (Å²) in [6.07, 6.45) is 3.00. The minimum Gasteiger partial charge on any atom is -0.338 e. The highest BCUT2D eigenvalue weighted by molar-refractivity contribution is 5.68. The number of benzene rings is 1. The minimum absolute atomic E-state index is 0.618. The molecular weight excluding hydrogens is 298 g/mol. The number of piperazine rings is 1. The Labute approximate surface area is 143 Å². The van der Waals surface area contributed by atoms with Gasteiger partial charge in [-0.05, 0) is 26.0 Å².